The highest BCUT2D eigenvalue weighted by Crippen LogP contribution is 2.30. The Kier molecular flexibility index (Phi) is 7.65. The normalized spacial score (nSPS) is 11.2. The number of carbonyl (C=O) groups is 1. The van der Waals surface area contributed by atoms with E-state index in [1.54, 1.807) is 52.0 Å². The topological polar surface area (TPSA) is 96.2 Å². The number of aryl methyl sites for hydroxylation is 1. The fraction of sp³-hybridized carbons (Fsp3) is 0.296. The number of carbonyl (C=O) groups excluding carboxylic acids is 1. The minimum atomic E-state index is -2.54. The predicted molar refractivity (Wildman–Crippen MR) is 143 cm³/mol. The summed E-state index contributed by atoms with van der Waals surface area (Å²) < 4.78 is 27.8. The Morgan fingerprint density at radius 1 is 1.05 bits per heavy atom. The number of likely N-dealkylation sites (N-methyl/N-ethyl adjacent to an activating group) is 1. The van der Waals surface area contributed by atoms with Crippen LogP contribution in [-0.2, 0) is 17.9 Å². The van der Waals surface area contributed by atoms with Crippen molar-refractivity contribution >= 4 is 34.1 Å². The number of nitrogens with zero attached hydrogens (tertiary/aromatic N) is 6. The molecule has 4 rings (SSSR count). The van der Waals surface area contributed by atoms with E-state index in [0.29, 0.717) is 35.1 Å². The maximum absolute atomic E-state index is 13.3. The average Bonchev–Trinajstić information content (AvgIpc) is 2.88. The molecule has 0 atom stereocenters. The van der Waals surface area contributed by atoms with E-state index in [9.17, 15) is 18.4 Å². The first-order chi connectivity index (χ1) is 18.0. The maximum Gasteiger partial charge on any atom is 0.267 e. The zero-order valence-electron chi connectivity index (χ0n) is 21.9. The number of benzene rings is 2. The minimum Gasteiger partial charge on any atom is -0.365 e. The van der Waals surface area contributed by atoms with Crippen LogP contribution >= 0.6 is 0 Å². The van der Waals surface area contributed by atoms with Crippen molar-refractivity contribution in [3.8, 4) is 0 Å². The van der Waals surface area contributed by atoms with Gasteiger partial charge in [-0.1, -0.05) is 18.2 Å². The summed E-state index contributed by atoms with van der Waals surface area (Å²) >= 11 is 0. The second-order valence-corrected chi connectivity index (χ2v) is 9.14. The third-order valence-corrected chi connectivity index (χ3v) is 6.33. The van der Waals surface area contributed by atoms with Crippen molar-refractivity contribution in [2.45, 2.75) is 33.4 Å². The molecule has 1 N–H and O–H groups in total. The summed E-state index contributed by atoms with van der Waals surface area (Å²) in [6.07, 6.45) is -2.54. The van der Waals surface area contributed by atoms with Gasteiger partial charge in [-0.2, -0.15) is 5.10 Å². The second-order valence-electron chi connectivity index (χ2n) is 9.14. The number of hydrogen-bond acceptors (Lipinski definition) is 7. The summed E-state index contributed by atoms with van der Waals surface area (Å²) in [5.74, 6) is 1.36. The van der Waals surface area contributed by atoms with E-state index in [1.807, 2.05) is 24.3 Å². The van der Waals surface area contributed by atoms with E-state index in [-0.39, 0.29) is 23.6 Å². The van der Waals surface area contributed by atoms with Crippen molar-refractivity contribution in [3.63, 3.8) is 0 Å². The third kappa shape index (κ3) is 5.61. The van der Waals surface area contributed by atoms with Crippen LogP contribution in [0.5, 0.6) is 0 Å². The fourth-order valence-corrected chi connectivity index (χ4v) is 4.02. The number of rotatable bonds is 8. The lowest BCUT2D eigenvalue weighted by Gasteiger charge is -2.20. The van der Waals surface area contributed by atoms with Crippen molar-refractivity contribution in [2.75, 3.05) is 31.4 Å². The van der Waals surface area contributed by atoms with Crippen LogP contribution in [0.25, 0.3) is 10.9 Å². The van der Waals surface area contributed by atoms with Crippen LogP contribution in [0.2, 0.25) is 0 Å². The fourth-order valence-electron chi connectivity index (χ4n) is 4.02. The van der Waals surface area contributed by atoms with E-state index in [1.165, 1.54) is 17.0 Å². The Labute approximate surface area is 218 Å². The summed E-state index contributed by atoms with van der Waals surface area (Å²) in [6.45, 7) is 3.62. The third-order valence-electron chi connectivity index (χ3n) is 6.33. The smallest absolute Gasteiger partial charge is 0.267 e. The summed E-state index contributed by atoms with van der Waals surface area (Å²) in [5, 5.41) is 8.39. The Hall–Kier alpha value is -4.41. The molecular formula is C27H29F2N7O2. The van der Waals surface area contributed by atoms with Crippen LogP contribution in [0.15, 0.2) is 53.3 Å². The highest BCUT2D eigenvalue weighted by atomic mass is 19.3. The van der Waals surface area contributed by atoms with Gasteiger partial charge in [0.25, 0.3) is 12.0 Å². The maximum atomic E-state index is 13.3. The Morgan fingerprint density at radius 3 is 2.53 bits per heavy atom. The zero-order valence-corrected chi connectivity index (χ0v) is 21.9. The average molecular weight is 522 g/mol. The van der Waals surface area contributed by atoms with E-state index < -0.39 is 6.43 Å². The van der Waals surface area contributed by atoms with Gasteiger partial charge in [0.2, 0.25) is 5.91 Å². The standard InChI is InChI=1S/C27H29F2N7O2/c1-16-18(7-6-8-20(16)26(28)29)14-30-27-21-13-19(9-10-22(21)31-17(2)32-27)35(5)23-11-12-24(37)36(33-23)15-25(38)34(3)4/h6-13,26H,14-15H2,1-5H3,(H,30,31,32). The van der Waals surface area contributed by atoms with Crippen molar-refractivity contribution in [2.24, 2.45) is 0 Å². The molecule has 0 aliphatic heterocycles. The van der Waals surface area contributed by atoms with Gasteiger partial charge < -0.3 is 15.1 Å². The number of fused-ring (bicyclic) bond motifs is 1. The monoisotopic (exact) mass is 521 g/mol. The number of alkyl halides is 2. The van der Waals surface area contributed by atoms with Crippen LogP contribution in [0.1, 0.15) is 28.9 Å². The van der Waals surface area contributed by atoms with Gasteiger partial charge in [-0.05, 0) is 49.2 Å². The van der Waals surface area contributed by atoms with Crippen molar-refractivity contribution in [1.82, 2.24) is 24.6 Å². The Bertz CT molecular complexity index is 1550. The number of aromatic nitrogens is 4. The molecule has 198 valence electrons. The summed E-state index contributed by atoms with van der Waals surface area (Å²) in [5.41, 5.74) is 2.39. The molecular weight excluding hydrogens is 492 g/mol. The molecule has 2 heterocycles. The van der Waals surface area contributed by atoms with Gasteiger partial charge in [0.05, 0.1) is 5.52 Å². The molecule has 4 aromatic rings. The molecule has 0 saturated carbocycles. The summed E-state index contributed by atoms with van der Waals surface area (Å²) in [4.78, 5) is 36.6. The lowest BCUT2D eigenvalue weighted by atomic mass is 10.0. The van der Waals surface area contributed by atoms with Crippen molar-refractivity contribution < 1.29 is 13.6 Å². The molecule has 2 aromatic heterocycles. The molecule has 0 aliphatic rings. The number of hydrogen-bond donors (Lipinski definition) is 1. The van der Waals surface area contributed by atoms with Crippen molar-refractivity contribution in [3.05, 3.63) is 81.4 Å². The molecule has 11 heteroatoms. The van der Waals surface area contributed by atoms with E-state index in [0.717, 1.165) is 21.3 Å². The molecule has 0 saturated heterocycles. The van der Waals surface area contributed by atoms with Gasteiger partial charge in [-0.15, -0.1) is 0 Å². The van der Waals surface area contributed by atoms with Gasteiger partial charge in [0.1, 0.15) is 18.2 Å². The molecule has 38 heavy (non-hydrogen) atoms. The van der Waals surface area contributed by atoms with Crippen LogP contribution in [0.3, 0.4) is 0 Å². The van der Waals surface area contributed by atoms with E-state index in [4.69, 9.17) is 0 Å². The largest absolute Gasteiger partial charge is 0.365 e. The van der Waals surface area contributed by atoms with Crippen LogP contribution in [0, 0.1) is 13.8 Å². The van der Waals surface area contributed by atoms with Gasteiger partial charge in [0, 0.05) is 50.4 Å². The molecule has 0 bridgehead atoms. The van der Waals surface area contributed by atoms with Gasteiger partial charge in [0.15, 0.2) is 5.82 Å². The van der Waals surface area contributed by atoms with Crippen molar-refractivity contribution in [1.29, 1.82) is 0 Å². The molecule has 0 spiro atoms. The SMILES string of the molecule is Cc1nc(NCc2cccc(C(F)F)c2C)c2cc(N(C)c3ccc(=O)n(CC(=O)N(C)C)n3)ccc2n1. The van der Waals surface area contributed by atoms with E-state index >= 15 is 0 Å². The van der Waals surface area contributed by atoms with Crippen LogP contribution in [0.4, 0.5) is 26.1 Å². The molecule has 0 radical (unpaired) electrons. The highest BCUT2D eigenvalue weighted by molar-refractivity contribution is 5.92. The predicted octanol–water partition coefficient (Wildman–Crippen LogP) is 4.21. The first kappa shape index (κ1) is 26.6. The molecule has 9 nitrogen and oxygen atoms in total. The summed E-state index contributed by atoms with van der Waals surface area (Å²) in [6, 6.07) is 13.5. The summed E-state index contributed by atoms with van der Waals surface area (Å²) in [7, 11) is 5.03. The molecule has 2 aromatic carbocycles. The number of amides is 1. The number of halogens is 2. The Balaban J connectivity index is 1.66. The molecule has 0 fully saturated rings. The minimum absolute atomic E-state index is 0.0121. The van der Waals surface area contributed by atoms with Crippen LogP contribution < -0.4 is 15.8 Å². The lowest BCUT2D eigenvalue weighted by molar-refractivity contribution is -0.129. The van der Waals surface area contributed by atoms with Gasteiger partial charge >= 0.3 is 0 Å². The van der Waals surface area contributed by atoms with Gasteiger partial charge in [-0.3, -0.25) is 9.59 Å². The van der Waals surface area contributed by atoms with Gasteiger partial charge in [-0.25, -0.2) is 23.4 Å². The highest BCUT2D eigenvalue weighted by Gasteiger charge is 2.15. The number of anilines is 3. The zero-order chi connectivity index (χ0) is 27.6. The lowest BCUT2D eigenvalue weighted by Crippen LogP contribution is -2.33. The quantitative estimate of drug-likeness (QED) is 0.371. The second kappa shape index (κ2) is 10.9. The first-order valence-electron chi connectivity index (χ1n) is 12.0. The molecule has 1 amide bonds. The Morgan fingerprint density at radius 2 is 1.82 bits per heavy atom. The number of nitrogens with one attached hydrogen (secondary N) is 1. The molecule has 0 aliphatic carbocycles. The first-order valence-corrected chi connectivity index (χ1v) is 12.0. The van der Waals surface area contributed by atoms with E-state index in [2.05, 4.69) is 20.4 Å². The van der Waals surface area contributed by atoms with Crippen LogP contribution in [-0.4, -0.2) is 51.7 Å². The molecule has 0 unspecified atom stereocenters.